The van der Waals surface area contributed by atoms with E-state index in [1.807, 2.05) is 27.7 Å². The summed E-state index contributed by atoms with van der Waals surface area (Å²) in [5.74, 6) is 4.85. The van der Waals surface area contributed by atoms with Crippen molar-refractivity contribution in [3.05, 3.63) is 0 Å². The molecule has 0 saturated carbocycles. The van der Waals surface area contributed by atoms with E-state index in [2.05, 4.69) is 5.43 Å². The lowest BCUT2D eigenvalue weighted by molar-refractivity contribution is -0.157. The minimum absolute atomic E-state index is 0. The summed E-state index contributed by atoms with van der Waals surface area (Å²) in [5, 5.41) is 0. The summed E-state index contributed by atoms with van der Waals surface area (Å²) in [7, 11) is 0. The quantitative estimate of drug-likeness (QED) is 0.414. The van der Waals surface area contributed by atoms with Gasteiger partial charge in [-0.25, -0.2) is 5.43 Å². The highest BCUT2D eigenvalue weighted by Crippen LogP contribution is 2.08. The molecule has 3 N–H and O–H groups in total. The number of esters is 1. The molecule has 0 bridgehead atoms. The van der Waals surface area contributed by atoms with Crippen molar-refractivity contribution in [1.82, 2.24) is 5.43 Å². The van der Waals surface area contributed by atoms with E-state index in [4.69, 9.17) is 10.6 Å². The third kappa shape index (κ3) is 6.81. The van der Waals surface area contributed by atoms with Crippen molar-refractivity contribution in [2.24, 2.45) is 5.84 Å². The van der Waals surface area contributed by atoms with Gasteiger partial charge in [-0.2, -0.15) is 0 Å². The average molecular weight is 211 g/mol. The fourth-order valence-electron chi connectivity index (χ4n) is 0.725. The van der Waals surface area contributed by atoms with Crippen LogP contribution in [0, 0.1) is 0 Å². The van der Waals surface area contributed by atoms with Gasteiger partial charge in [-0.1, -0.05) is 6.92 Å². The highest BCUT2D eigenvalue weighted by atomic mass is 35.5. The van der Waals surface area contributed by atoms with Crippen molar-refractivity contribution < 1.29 is 9.53 Å². The van der Waals surface area contributed by atoms with Gasteiger partial charge in [0.05, 0.1) is 0 Å². The molecule has 13 heavy (non-hydrogen) atoms. The van der Waals surface area contributed by atoms with Gasteiger partial charge in [-0.05, 0) is 27.2 Å². The van der Waals surface area contributed by atoms with Gasteiger partial charge in [0, 0.05) is 0 Å². The summed E-state index contributed by atoms with van der Waals surface area (Å²) in [6.07, 6.45) is 0.630. The summed E-state index contributed by atoms with van der Waals surface area (Å²) in [6, 6.07) is -0.399. The van der Waals surface area contributed by atoms with Crippen LogP contribution in [0.15, 0.2) is 0 Å². The fourth-order valence-corrected chi connectivity index (χ4v) is 0.725. The van der Waals surface area contributed by atoms with Crippen molar-refractivity contribution in [1.29, 1.82) is 0 Å². The first-order valence-corrected chi connectivity index (χ1v) is 4.09. The van der Waals surface area contributed by atoms with Gasteiger partial charge in [-0.3, -0.25) is 10.6 Å². The van der Waals surface area contributed by atoms with Crippen LogP contribution in [0.2, 0.25) is 0 Å². The summed E-state index contributed by atoms with van der Waals surface area (Å²) in [5.41, 5.74) is 1.96. The Kier molecular flexibility index (Phi) is 7.21. The Morgan fingerprint density at radius 3 is 2.23 bits per heavy atom. The first-order chi connectivity index (χ1) is 5.40. The largest absolute Gasteiger partial charge is 0.459 e. The van der Waals surface area contributed by atoms with Crippen LogP contribution in [0.1, 0.15) is 34.1 Å². The molecule has 1 atom stereocenters. The Labute approximate surface area is 85.6 Å². The maximum absolute atomic E-state index is 11.3. The second-order valence-electron chi connectivity index (χ2n) is 3.66. The zero-order valence-corrected chi connectivity index (χ0v) is 9.40. The lowest BCUT2D eigenvalue weighted by atomic mass is 10.2. The topological polar surface area (TPSA) is 64.3 Å². The third-order valence-corrected chi connectivity index (χ3v) is 1.30. The molecule has 4 nitrogen and oxygen atoms in total. The molecule has 0 saturated heterocycles. The minimum atomic E-state index is -0.443. The second kappa shape index (κ2) is 6.18. The number of hydrogen-bond donors (Lipinski definition) is 2. The number of carbonyl (C=O) groups is 1. The number of hydrazine groups is 1. The Bertz CT molecular complexity index is 153. The van der Waals surface area contributed by atoms with Crippen molar-refractivity contribution >= 4 is 18.4 Å². The van der Waals surface area contributed by atoms with Gasteiger partial charge in [-0.15, -0.1) is 12.4 Å². The molecule has 0 aromatic heterocycles. The first kappa shape index (κ1) is 15.2. The number of carbonyl (C=O) groups excluding carboxylic acids is 1. The Hall–Kier alpha value is -0.320. The molecule has 0 radical (unpaired) electrons. The summed E-state index contributed by atoms with van der Waals surface area (Å²) >= 11 is 0. The van der Waals surface area contributed by atoms with Crippen LogP contribution in [0.3, 0.4) is 0 Å². The molecule has 0 aromatic rings. The number of halogens is 1. The van der Waals surface area contributed by atoms with E-state index in [-0.39, 0.29) is 18.4 Å². The van der Waals surface area contributed by atoms with E-state index in [9.17, 15) is 4.79 Å². The minimum Gasteiger partial charge on any atom is -0.459 e. The molecule has 0 fully saturated rings. The number of hydrogen-bond acceptors (Lipinski definition) is 4. The predicted molar refractivity (Wildman–Crippen MR) is 54.5 cm³/mol. The molecule has 0 aromatic carbocycles. The van der Waals surface area contributed by atoms with Gasteiger partial charge in [0.1, 0.15) is 11.6 Å². The maximum atomic E-state index is 11.3. The van der Waals surface area contributed by atoms with Crippen LogP contribution in [-0.4, -0.2) is 17.6 Å². The smallest absolute Gasteiger partial charge is 0.324 e. The average Bonchev–Trinajstić information content (AvgIpc) is 1.85. The summed E-state index contributed by atoms with van der Waals surface area (Å²) in [4.78, 5) is 11.3. The van der Waals surface area contributed by atoms with Gasteiger partial charge >= 0.3 is 5.97 Å². The third-order valence-electron chi connectivity index (χ3n) is 1.30. The van der Waals surface area contributed by atoms with E-state index in [1.165, 1.54) is 0 Å². The van der Waals surface area contributed by atoms with E-state index in [1.54, 1.807) is 0 Å². The molecule has 1 unspecified atom stereocenters. The van der Waals surface area contributed by atoms with Gasteiger partial charge in [0.15, 0.2) is 0 Å². The van der Waals surface area contributed by atoms with Crippen LogP contribution < -0.4 is 11.3 Å². The molecule has 0 aliphatic heterocycles. The van der Waals surface area contributed by atoms with Gasteiger partial charge in [0.25, 0.3) is 0 Å². The molecule has 0 aliphatic rings. The van der Waals surface area contributed by atoms with Gasteiger partial charge in [0.2, 0.25) is 0 Å². The lowest BCUT2D eigenvalue weighted by Gasteiger charge is -2.22. The Balaban J connectivity index is 0. The van der Waals surface area contributed by atoms with E-state index < -0.39 is 11.6 Å². The molecule has 0 amide bonds. The molecule has 80 valence electrons. The number of rotatable bonds is 3. The van der Waals surface area contributed by atoms with Crippen molar-refractivity contribution in [3.8, 4) is 0 Å². The summed E-state index contributed by atoms with van der Waals surface area (Å²) in [6.45, 7) is 7.35. The number of ether oxygens (including phenoxy) is 1. The molecular weight excluding hydrogens is 192 g/mol. The van der Waals surface area contributed by atoms with Crippen LogP contribution in [0.5, 0.6) is 0 Å². The molecule has 5 heteroatoms. The van der Waals surface area contributed by atoms with E-state index in [0.29, 0.717) is 6.42 Å². The monoisotopic (exact) mass is 210 g/mol. The highest BCUT2D eigenvalue weighted by Gasteiger charge is 2.22. The second-order valence-corrected chi connectivity index (χ2v) is 3.66. The number of nitrogens with one attached hydrogen (secondary N) is 1. The van der Waals surface area contributed by atoms with Crippen LogP contribution in [-0.2, 0) is 9.53 Å². The van der Waals surface area contributed by atoms with E-state index >= 15 is 0 Å². The Morgan fingerprint density at radius 2 is 2.00 bits per heavy atom. The lowest BCUT2D eigenvalue weighted by Crippen LogP contribution is -2.44. The normalized spacial score (nSPS) is 13.0. The fraction of sp³-hybridized carbons (Fsp3) is 0.875. The summed E-state index contributed by atoms with van der Waals surface area (Å²) < 4.78 is 5.10. The van der Waals surface area contributed by atoms with Gasteiger partial charge < -0.3 is 4.74 Å². The molecular formula is C8H19ClN2O2. The Morgan fingerprint density at radius 1 is 1.54 bits per heavy atom. The van der Waals surface area contributed by atoms with E-state index in [0.717, 1.165) is 0 Å². The molecule has 0 heterocycles. The number of nitrogens with two attached hydrogens (primary N) is 1. The maximum Gasteiger partial charge on any atom is 0.324 e. The van der Waals surface area contributed by atoms with Crippen LogP contribution in [0.4, 0.5) is 0 Å². The highest BCUT2D eigenvalue weighted by molar-refractivity contribution is 5.85. The molecule has 0 aliphatic carbocycles. The standard InChI is InChI=1S/C8H18N2O2.ClH/c1-5-6(10-9)7(11)12-8(2,3)4;/h6,10H,5,9H2,1-4H3;1H. The molecule has 0 spiro atoms. The van der Waals surface area contributed by atoms with Crippen LogP contribution in [0.25, 0.3) is 0 Å². The zero-order chi connectivity index (χ0) is 9.78. The first-order valence-electron chi connectivity index (χ1n) is 4.09. The van der Waals surface area contributed by atoms with Crippen molar-refractivity contribution in [3.63, 3.8) is 0 Å². The van der Waals surface area contributed by atoms with Crippen molar-refractivity contribution in [2.45, 2.75) is 45.8 Å². The molecule has 0 rings (SSSR count). The van der Waals surface area contributed by atoms with Crippen LogP contribution >= 0.6 is 12.4 Å². The zero-order valence-electron chi connectivity index (χ0n) is 8.59. The van der Waals surface area contributed by atoms with Crippen molar-refractivity contribution in [2.75, 3.05) is 0 Å². The predicted octanol–water partition coefficient (Wildman–Crippen LogP) is 0.992. The SMILES string of the molecule is CCC(NN)C(=O)OC(C)(C)C.Cl.